The molecule has 2 heteroatoms. The Labute approximate surface area is 188 Å². The lowest BCUT2D eigenvalue weighted by Crippen LogP contribution is -2.58. The molecule has 2 aliphatic heterocycles. The number of fused-ring (bicyclic) bond motifs is 2. The fraction of sp³-hybridized carbons (Fsp3) is 0.483. The predicted molar refractivity (Wildman–Crippen MR) is 129 cm³/mol. The SMILES string of the molecule is C=CCCCC[N+]1(C)[C@@H]2CC[C@H]1CC(CC(C#N)(c1ccccc1)c1ccccc1)C2. The summed E-state index contributed by atoms with van der Waals surface area (Å²) in [4.78, 5) is 0. The Morgan fingerprint density at radius 2 is 1.52 bits per heavy atom. The van der Waals surface area contributed by atoms with Gasteiger partial charge in [-0.05, 0) is 42.7 Å². The average molecular weight is 414 g/mol. The molecule has 2 aromatic rings. The van der Waals surface area contributed by atoms with E-state index in [0.717, 1.165) is 36.1 Å². The molecule has 2 bridgehead atoms. The fourth-order valence-corrected chi connectivity index (χ4v) is 6.58. The number of hydrogen-bond donors (Lipinski definition) is 0. The number of nitrogens with zero attached hydrogens (tertiary/aromatic N) is 2. The topological polar surface area (TPSA) is 23.8 Å². The van der Waals surface area contributed by atoms with E-state index >= 15 is 0 Å². The number of quaternary nitrogens is 1. The van der Waals surface area contributed by atoms with E-state index in [2.05, 4.69) is 74.3 Å². The van der Waals surface area contributed by atoms with Gasteiger partial charge in [0.1, 0.15) is 5.41 Å². The van der Waals surface area contributed by atoms with Gasteiger partial charge in [0.2, 0.25) is 0 Å². The minimum absolute atomic E-state index is 0.558. The van der Waals surface area contributed by atoms with Gasteiger partial charge in [-0.1, -0.05) is 66.7 Å². The Morgan fingerprint density at radius 1 is 0.968 bits per heavy atom. The van der Waals surface area contributed by atoms with Crippen molar-refractivity contribution in [1.29, 1.82) is 5.26 Å². The number of hydrogen-bond acceptors (Lipinski definition) is 1. The summed E-state index contributed by atoms with van der Waals surface area (Å²) < 4.78 is 1.27. The molecule has 0 aliphatic carbocycles. The number of rotatable bonds is 9. The van der Waals surface area contributed by atoms with Gasteiger partial charge < -0.3 is 4.48 Å². The number of nitriles is 1. The Kier molecular flexibility index (Phi) is 6.63. The summed E-state index contributed by atoms with van der Waals surface area (Å²) >= 11 is 0. The normalized spacial score (nSPS) is 27.5. The van der Waals surface area contributed by atoms with E-state index in [1.165, 1.54) is 49.6 Å². The Hall–Kier alpha value is -2.37. The van der Waals surface area contributed by atoms with Crippen LogP contribution in [0.25, 0.3) is 0 Å². The van der Waals surface area contributed by atoms with E-state index in [0.29, 0.717) is 5.92 Å². The third-order valence-corrected chi connectivity index (χ3v) is 8.33. The zero-order valence-corrected chi connectivity index (χ0v) is 19.0. The van der Waals surface area contributed by atoms with Gasteiger partial charge in [-0.3, -0.25) is 0 Å². The van der Waals surface area contributed by atoms with E-state index in [4.69, 9.17) is 0 Å². The van der Waals surface area contributed by atoms with Crippen molar-refractivity contribution in [2.45, 2.75) is 68.9 Å². The van der Waals surface area contributed by atoms with E-state index < -0.39 is 5.41 Å². The first-order valence-corrected chi connectivity index (χ1v) is 12.1. The standard InChI is InChI=1S/C29H37N2/c1-3-4-5-12-19-31(2)27-17-18-28(31)21-24(20-27)22-29(23-30,25-13-8-6-9-14-25)26-15-10-7-11-16-26/h3,6-11,13-16,24,27-28H,1,4-5,12,17-22H2,2H3/q+1/t24?,27-,28+,31?. The first-order chi connectivity index (χ1) is 15.1. The van der Waals surface area contributed by atoms with Gasteiger partial charge >= 0.3 is 0 Å². The maximum atomic E-state index is 10.6. The third-order valence-electron chi connectivity index (χ3n) is 8.33. The smallest absolute Gasteiger partial charge is 0.107 e. The largest absolute Gasteiger partial charge is 0.321 e. The summed E-state index contributed by atoms with van der Waals surface area (Å²) in [7, 11) is 2.51. The number of unbranched alkanes of at least 4 members (excludes halogenated alkanes) is 2. The van der Waals surface area contributed by atoms with E-state index in [-0.39, 0.29) is 0 Å². The maximum absolute atomic E-state index is 10.6. The van der Waals surface area contributed by atoms with Crippen LogP contribution >= 0.6 is 0 Å². The van der Waals surface area contributed by atoms with Crippen LogP contribution in [0.15, 0.2) is 73.3 Å². The molecule has 2 heterocycles. The molecule has 0 amide bonds. The van der Waals surface area contributed by atoms with Crippen molar-refractivity contribution < 1.29 is 4.48 Å². The van der Waals surface area contributed by atoms with E-state index in [1.807, 2.05) is 12.1 Å². The van der Waals surface area contributed by atoms with Gasteiger partial charge in [0, 0.05) is 25.7 Å². The number of allylic oxidation sites excluding steroid dienone is 1. The highest BCUT2D eigenvalue weighted by Gasteiger charge is 2.52. The quantitative estimate of drug-likeness (QED) is 0.257. The highest BCUT2D eigenvalue weighted by Crippen LogP contribution is 2.48. The molecule has 0 saturated carbocycles. The van der Waals surface area contributed by atoms with Crippen molar-refractivity contribution in [2.24, 2.45) is 5.92 Å². The van der Waals surface area contributed by atoms with Crippen LogP contribution in [0.1, 0.15) is 62.5 Å². The van der Waals surface area contributed by atoms with Crippen molar-refractivity contribution in [2.75, 3.05) is 13.6 Å². The van der Waals surface area contributed by atoms with Gasteiger partial charge in [0.25, 0.3) is 0 Å². The van der Waals surface area contributed by atoms with Crippen LogP contribution in [0.4, 0.5) is 0 Å². The molecule has 2 aliphatic rings. The third kappa shape index (κ3) is 4.21. The minimum atomic E-state index is -0.558. The lowest BCUT2D eigenvalue weighted by Gasteiger charge is -2.48. The Balaban J connectivity index is 1.56. The van der Waals surface area contributed by atoms with Gasteiger partial charge in [0.15, 0.2) is 0 Å². The molecule has 0 N–H and O–H groups in total. The summed E-state index contributed by atoms with van der Waals surface area (Å²) in [6.45, 7) is 5.18. The maximum Gasteiger partial charge on any atom is 0.107 e. The minimum Gasteiger partial charge on any atom is -0.321 e. The zero-order chi connectivity index (χ0) is 21.7. The zero-order valence-electron chi connectivity index (χ0n) is 19.0. The Morgan fingerprint density at radius 3 is 2.00 bits per heavy atom. The lowest BCUT2D eigenvalue weighted by molar-refractivity contribution is -0.949. The monoisotopic (exact) mass is 413 g/mol. The first-order valence-electron chi connectivity index (χ1n) is 12.1. The van der Waals surface area contributed by atoms with Crippen LogP contribution in [0.5, 0.6) is 0 Å². The van der Waals surface area contributed by atoms with Crippen LogP contribution in [0.2, 0.25) is 0 Å². The number of benzene rings is 2. The predicted octanol–water partition coefficient (Wildman–Crippen LogP) is 6.63. The highest BCUT2D eigenvalue weighted by atomic mass is 15.4. The van der Waals surface area contributed by atoms with Crippen LogP contribution in [0, 0.1) is 17.2 Å². The first kappa shape index (κ1) is 21.8. The van der Waals surface area contributed by atoms with Crippen molar-refractivity contribution in [3.8, 4) is 6.07 Å². The van der Waals surface area contributed by atoms with Crippen LogP contribution in [-0.4, -0.2) is 30.2 Å². The second-order valence-corrected chi connectivity index (χ2v) is 10.0. The second-order valence-electron chi connectivity index (χ2n) is 10.0. The van der Waals surface area contributed by atoms with Crippen LogP contribution in [-0.2, 0) is 5.41 Å². The van der Waals surface area contributed by atoms with Crippen molar-refractivity contribution in [3.63, 3.8) is 0 Å². The summed E-state index contributed by atoms with van der Waals surface area (Å²) in [6.07, 6.45) is 11.9. The van der Waals surface area contributed by atoms with Crippen LogP contribution < -0.4 is 0 Å². The molecule has 162 valence electrons. The molecular formula is C29H37N2+. The van der Waals surface area contributed by atoms with Crippen molar-refractivity contribution in [1.82, 2.24) is 0 Å². The summed E-state index contributed by atoms with van der Waals surface area (Å²) in [5.74, 6) is 0.608. The molecule has 0 aromatic heterocycles. The number of piperidine rings is 1. The molecule has 4 rings (SSSR count). The molecule has 2 unspecified atom stereocenters. The van der Waals surface area contributed by atoms with E-state index in [9.17, 15) is 5.26 Å². The van der Waals surface area contributed by atoms with Gasteiger partial charge in [-0.25, -0.2) is 0 Å². The van der Waals surface area contributed by atoms with Crippen molar-refractivity contribution >= 4 is 0 Å². The molecule has 0 radical (unpaired) electrons. The summed E-state index contributed by atoms with van der Waals surface area (Å²) in [5, 5.41) is 10.6. The van der Waals surface area contributed by atoms with E-state index in [1.54, 1.807) is 0 Å². The van der Waals surface area contributed by atoms with Gasteiger partial charge in [-0.2, -0.15) is 5.26 Å². The van der Waals surface area contributed by atoms with Crippen LogP contribution in [0.3, 0.4) is 0 Å². The van der Waals surface area contributed by atoms with Gasteiger partial charge in [0.05, 0.1) is 31.7 Å². The van der Waals surface area contributed by atoms with Crippen molar-refractivity contribution in [3.05, 3.63) is 84.4 Å². The summed E-state index contributed by atoms with van der Waals surface area (Å²) in [6, 6.07) is 25.3. The molecule has 2 aromatic carbocycles. The molecule has 2 fully saturated rings. The molecule has 2 nitrogen and oxygen atoms in total. The average Bonchev–Trinajstić information content (AvgIpc) is 2.98. The molecular weight excluding hydrogens is 376 g/mol. The molecule has 0 spiro atoms. The highest BCUT2D eigenvalue weighted by molar-refractivity contribution is 5.45. The molecule has 2 saturated heterocycles. The second kappa shape index (κ2) is 9.41. The lowest BCUT2D eigenvalue weighted by atomic mass is 9.67. The van der Waals surface area contributed by atoms with Gasteiger partial charge in [-0.15, -0.1) is 6.58 Å². The molecule has 4 atom stereocenters. The molecule has 31 heavy (non-hydrogen) atoms. The fourth-order valence-electron chi connectivity index (χ4n) is 6.58. The summed E-state index contributed by atoms with van der Waals surface area (Å²) in [5.41, 5.74) is 1.73. The Bertz CT molecular complexity index is 842.